The fraction of sp³-hybridized carbons (Fsp3) is 0.930. The van der Waals surface area contributed by atoms with Crippen LogP contribution in [0.4, 0.5) is 0 Å². The van der Waals surface area contributed by atoms with Gasteiger partial charge in [-0.1, -0.05) is 206 Å². The number of aliphatic hydroxyl groups is 7. The lowest BCUT2D eigenvalue weighted by molar-refractivity contribution is -0.332. The molecule has 15 nitrogen and oxygen atoms in total. The molecule has 2 rings (SSSR count). The average Bonchev–Trinajstić information content (AvgIpc) is 3.37. The summed E-state index contributed by atoms with van der Waals surface area (Å²) in [5.41, 5.74) is 0. The summed E-state index contributed by atoms with van der Waals surface area (Å²) in [5, 5.41) is 72.3. The number of hydrogen-bond acceptors (Lipinski definition) is 15. The molecule has 0 aromatic rings. The van der Waals surface area contributed by atoms with Gasteiger partial charge in [0.1, 0.15) is 55.4 Å². The summed E-state index contributed by atoms with van der Waals surface area (Å²) in [5.74, 6) is -0.914. The summed E-state index contributed by atoms with van der Waals surface area (Å²) in [6.07, 6.45) is 29.4. The first-order valence-electron chi connectivity index (χ1n) is 29.3. The molecule has 2 saturated heterocycles. The first-order valence-corrected chi connectivity index (χ1v) is 29.3. The SMILES string of the molecule is CCCCCCCC/C=C/CCCCCCCCCC(=O)O[C@@H](COC(=O)CCCCCCCCCCCCCCCCCCCCC)CO[C@@H]1O[C@H](CO[C@@H]2O[C@H](CO)[C@H](O)C(O)C2O)[C@H](O)C(O)C1O. The molecule has 0 saturated carbocycles. The van der Waals surface area contributed by atoms with Gasteiger partial charge in [-0.3, -0.25) is 9.59 Å². The lowest BCUT2D eigenvalue weighted by atomic mass is 9.98. The molecule has 4 unspecified atom stereocenters. The van der Waals surface area contributed by atoms with Gasteiger partial charge in [-0.25, -0.2) is 0 Å². The van der Waals surface area contributed by atoms with E-state index in [4.69, 9.17) is 28.4 Å². The number of allylic oxidation sites excluding steroid dienone is 2. The van der Waals surface area contributed by atoms with E-state index in [0.717, 1.165) is 51.4 Å². The number of aliphatic hydroxyl groups excluding tert-OH is 7. The Kier molecular flexibility index (Phi) is 40.9. The van der Waals surface area contributed by atoms with Gasteiger partial charge in [-0.05, 0) is 38.5 Å². The van der Waals surface area contributed by atoms with Gasteiger partial charge in [0.2, 0.25) is 0 Å². The van der Waals surface area contributed by atoms with Crippen LogP contribution >= 0.6 is 0 Å². The molecule has 0 amide bonds. The Balaban J connectivity index is 1.75. The van der Waals surface area contributed by atoms with Crippen LogP contribution in [0.5, 0.6) is 0 Å². The van der Waals surface area contributed by atoms with Crippen LogP contribution in [-0.4, -0.2) is 142 Å². The third-order valence-electron chi connectivity index (χ3n) is 14.2. The molecule has 11 atom stereocenters. The predicted molar refractivity (Wildman–Crippen MR) is 280 cm³/mol. The number of ether oxygens (including phenoxy) is 6. The van der Waals surface area contributed by atoms with Crippen molar-refractivity contribution in [3.8, 4) is 0 Å². The van der Waals surface area contributed by atoms with Crippen molar-refractivity contribution in [1.29, 1.82) is 0 Å². The Bertz CT molecular complexity index is 1300. The molecule has 72 heavy (non-hydrogen) atoms. The lowest BCUT2D eigenvalue weighted by Crippen LogP contribution is -2.61. The summed E-state index contributed by atoms with van der Waals surface area (Å²) in [7, 11) is 0. The molecule has 2 fully saturated rings. The number of unbranched alkanes of at least 4 members (excludes halogenated alkanes) is 31. The van der Waals surface area contributed by atoms with Crippen LogP contribution in [0.15, 0.2) is 12.2 Å². The summed E-state index contributed by atoms with van der Waals surface area (Å²) < 4.78 is 33.7. The second-order valence-electron chi connectivity index (χ2n) is 20.8. The second-order valence-corrected chi connectivity index (χ2v) is 20.8. The number of hydrogen-bond donors (Lipinski definition) is 7. The van der Waals surface area contributed by atoms with E-state index in [2.05, 4.69) is 26.0 Å². The van der Waals surface area contributed by atoms with Crippen LogP contribution < -0.4 is 0 Å². The molecule has 0 bridgehead atoms. The third kappa shape index (κ3) is 31.3. The molecular formula is C57H106O15. The second kappa shape index (κ2) is 44.4. The Morgan fingerprint density at radius 3 is 1.22 bits per heavy atom. The predicted octanol–water partition coefficient (Wildman–Crippen LogP) is 9.72. The molecule has 0 aliphatic carbocycles. The van der Waals surface area contributed by atoms with E-state index in [9.17, 15) is 45.3 Å². The van der Waals surface area contributed by atoms with Gasteiger partial charge in [-0.15, -0.1) is 0 Å². The zero-order valence-electron chi connectivity index (χ0n) is 45.2. The van der Waals surface area contributed by atoms with Crippen molar-refractivity contribution >= 4 is 11.9 Å². The van der Waals surface area contributed by atoms with Crippen LogP contribution in [-0.2, 0) is 38.0 Å². The molecule has 0 aromatic carbocycles. The molecule has 2 aliphatic rings. The Morgan fingerprint density at radius 2 is 0.792 bits per heavy atom. The molecule has 0 spiro atoms. The fourth-order valence-corrected chi connectivity index (χ4v) is 9.45. The highest BCUT2D eigenvalue weighted by Crippen LogP contribution is 2.27. The quantitative estimate of drug-likeness (QED) is 0.0171. The fourth-order valence-electron chi connectivity index (χ4n) is 9.45. The molecular weight excluding hydrogens is 925 g/mol. The molecule has 7 N–H and O–H groups in total. The van der Waals surface area contributed by atoms with E-state index in [-0.39, 0.29) is 26.1 Å². The van der Waals surface area contributed by atoms with Gasteiger partial charge in [0, 0.05) is 12.8 Å². The van der Waals surface area contributed by atoms with Gasteiger partial charge in [0.15, 0.2) is 18.7 Å². The first kappa shape index (κ1) is 66.4. The molecule has 2 heterocycles. The van der Waals surface area contributed by atoms with Gasteiger partial charge in [-0.2, -0.15) is 0 Å². The Labute approximate surface area is 435 Å². The highest BCUT2D eigenvalue weighted by atomic mass is 16.7. The van der Waals surface area contributed by atoms with Crippen molar-refractivity contribution in [3.63, 3.8) is 0 Å². The largest absolute Gasteiger partial charge is 0.462 e. The minimum atomic E-state index is -1.76. The van der Waals surface area contributed by atoms with E-state index < -0.39 is 92.7 Å². The number of carbonyl (C=O) groups excluding carboxylic acids is 2. The van der Waals surface area contributed by atoms with Gasteiger partial charge in [0.25, 0.3) is 0 Å². The lowest BCUT2D eigenvalue weighted by Gasteiger charge is -2.42. The highest BCUT2D eigenvalue weighted by molar-refractivity contribution is 5.70. The molecule has 2 aliphatic heterocycles. The summed E-state index contributed by atoms with van der Waals surface area (Å²) in [6, 6.07) is 0. The maximum Gasteiger partial charge on any atom is 0.306 e. The normalized spacial score (nSPS) is 25.0. The topological polar surface area (TPSA) is 231 Å². The van der Waals surface area contributed by atoms with E-state index >= 15 is 0 Å². The van der Waals surface area contributed by atoms with Crippen molar-refractivity contribution in [2.75, 3.05) is 26.4 Å². The first-order chi connectivity index (χ1) is 35.0. The zero-order valence-corrected chi connectivity index (χ0v) is 45.2. The van der Waals surface area contributed by atoms with Gasteiger partial charge in [0.05, 0.1) is 19.8 Å². The number of carbonyl (C=O) groups is 2. The van der Waals surface area contributed by atoms with Crippen molar-refractivity contribution in [2.45, 2.75) is 313 Å². The van der Waals surface area contributed by atoms with Crippen molar-refractivity contribution < 1.29 is 73.8 Å². The van der Waals surface area contributed by atoms with E-state index in [0.29, 0.717) is 12.8 Å². The summed E-state index contributed by atoms with van der Waals surface area (Å²) in [6.45, 7) is 2.63. The third-order valence-corrected chi connectivity index (χ3v) is 14.2. The minimum Gasteiger partial charge on any atom is -0.462 e. The van der Waals surface area contributed by atoms with Crippen LogP contribution in [0.25, 0.3) is 0 Å². The highest BCUT2D eigenvalue weighted by Gasteiger charge is 2.47. The molecule has 0 aromatic heterocycles. The van der Waals surface area contributed by atoms with Gasteiger partial charge >= 0.3 is 11.9 Å². The molecule has 0 radical (unpaired) electrons. The van der Waals surface area contributed by atoms with Crippen molar-refractivity contribution in [2.24, 2.45) is 0 Å². The minimum absolute atomic E-state index is 0.165. The number of esters is 2. The maximum atomic E-state index is 13.1. The van der Waals surface area contributed by atoms with Crippen molar-refractivity contribution in [1.82, 2.24) is 0 Å². The van der Waals surface area contributed by atoms with Crippen LogP contribution in [0.3, 0.4) is 0 Å². The maximum absolute atomic E-state index is 13.1. The van der Waals surface area contributed by atoms with Gasteiger partial charge < -0.3 is 64.2 Å². The van der Waals surface area contributed by atoms with Crippen LogP contribution in [0.1, 0.15) is 245 Å². The Morgan fingerprint density at radius 1 is 0.431 bits per heavy atom. The molecule has 424 valence electrons. The summed E-state index contributed by atoms with van der Waals surface area (Å²) in [4.78, 5) is 25.9. The average molecular weight is 1030 g/mol. The van der Waals surface area contributed by atoms with Crippen molar-refractivity contribution in [3.05, 3.63) is 12.2 Å². The van der Waals surface area contributed by atoms with Crippen LogP contribution in [0, 0.1) is 0 Å². The smallest absolute Gasteiger partial charge is 0.306 e. The molecule has 15 heteroatoms. The summed E-state index contributed by atoms with van der Waals surface area (Å²) >= 11 is 0. The standard InChI is InChI=1S/C57H106O15/c1-3-5-7-9-11-13-15-17-19-21-22-24-25-27-29-31-33-35-37-39-48(59)67-42-45(70-49(60)40-38-36-34-32-30-28-26-23-20-18-16-14-12-10-8-6-4-2)43-68-56-55(66)53(64)51(62)47(72-56)44-69-57-54(65)52(63)50(61)46(41-58)71-57/h18,20,45-47,50-58,61-66H,3-17,19,21-44H2,1-2H3/b20-18+/t45-,46+,47+,50-,51-,52?,53?,54?,55?,56+,57+/m0/s1. The van der Waals surface area contributed by atoms with E-state index in [1.165, 1.54) is 154 Å². The van der Waals surface area contributed by atoms with E-state index in [1.807, 2.05) is 0 Å². The number of rotatable bonds is 47. The van der Waals surface area contributed by atoms with Crippen LogP contribution in [0.2, 0.25) is 0 Å². The zero-order chi connectivity index (χ0) is 52.4. The monoisotopic (exact) mass is 1030 g/mol. The van der Waals surface area contributed by atoms with E-state index in [1.54, 1.807) is 0 Å². The Hall–Kier alpha value is -1.76.